The van der Waals surface area contributed by atoms with E-state index < -0.39 is 0 Å². The molecule has 1 aromatic rings. The smallest absolute Gasteiger partial charge is 0.238 e. The first-order chi connectivity index (χ1) is 10.0. The Labute approximate surface area is 134 Å². The first-order valence-corrected chi connectivity index (χ1v) is 8.34. The van der Waals surface area contributed by atoms with Gasteiger partial charge in [0, 0.05) is 17.1 Å². The molecule has 0 spiro atoms. The Kier molecular flexibility index (Phi) is 4.33. The Bertz CT molecular complexity index is 548. The number of aryl methyl sites for hydroxylation is 1. The Balaban J connectivity index is 1.59. The van der Waals surface area contributed by atoms with E-state index >= 15 is 0 Å². The highest BCUT2D eigenvalue weighted by Crippen LogP contribution is 2.32. The molecule has 4 nitrogen and oxygen atoms in total. The van der Waals surface area contributed by atoms with Crippen molar-refractivity contribution < 1.29 is 4.79 Å². The van der Waals surface area contributed by atoms with Gasteiger partial charge in [0.25, 0.3) is 0 Å². The normalized spacial score (nSPS) is 28.6. The number of carbonyl (C=O) groups is 1. The quantitative estimate of drug-likeness (QED) is 0.877. The van der Waals surface area contributed by atoms with E-state index in [2.05, 4.69) is 38.4 Å². The molecular weight excluding hydrogens is 330 g/mol. The number of halogens is 1. The summed E-state index contributed by atoms with van der Waals surface area (Å²) in [6.07, 6.45) is 0. The van der Waals surface area contributed by atoms with Crippen molar-refractivity contribution in [2.24, 2.45) is 11.8 Å². The van der Waals surface area contributed by atoms with Crippen LogP contribution in [-0.2, 0) is 4.79 Å². The van der Waals surface area contributed by atoms with Gasteiger partial charge in [0.1, 0.15) is 0 Å². The van der Waals surface area contributed by atoms with E-state index in [0.29, 0.717) is 24.4 Å². The summed E-state index contributed by atoms with van der Waals surface area (Å²) < 4.78 is 0.936. The van der Waals surface area contributed by atoms with Gasteiger partial charge in [0.15, 0.2) is 0 Å². The summed E-state index contributed by atoms with van der Waals surface area (Å²) in [6.45, 7) is 7.97. The zero-order valence-electron chi connectivity index (χ0n) is 12.5. The molecule has 2 aliphatic heterocycles. The van der Waals surface area contributed by atoms with E-state index in [9.17, 15) is 4.79 Å². The number of likely N-dealkylation sites (tertiary alicyclic amines) is 1. The van der Waals surface area contributed by atoms with Gasteiger partial charge < -0.3 is 10.6 Å². The highest BCUT2D eigenvalue weighted by molar-refractivity contribution is 9.10. The summed E-state index contributed by atoms with van der Waals surface area (Å²) in [6, 6.07) is 6.46. The minimum atomic E-state index is 0.0688. The van der Waals surface area contributed by atoms with Gasteiger partial charge in [0.2, 0.25) is 5.91 Å². The van der Waals surface area contributed by atoms with Crippen LogP contribution in [0.2, 0.25) is 0 Å². The van der Waals surface area contributed by atoms with Crippen LogP contribution in [0, 0.1) is 18.8 Å². The molecule has 21 heavy (non-hydrogen) atoms. The van der Waals surface area contributed by atoms with Gasteiger partial charge in [-0.05, 0) is 72.4 Å². The van der Waals surface area contributed by atoms with Crippen LogP contribution in [-0.4, -0.2) is 43.0 Å². The highest BCUT2D eigenvalue weighted by Gasteiger charge is 2.42. The average molecular weight is 352 g/mol. The maximum absolute atomic E-state index is 12.3. The molecule has 1 aromatic carbocycles. The van der Waals surface area contributed by atoms with Gasteiger partial charge in [-0.25, -0.2) is 0 Å². The fourth-order valence-corrected chi connectivity index (χ4v) is 4.15. The number of benzene rings is 1. The van der Waals surface area contributed by atoms with Crippen LogP contribution < -0.4 is 10.6 Å². The number of nitrogens with zero attached hydrogens (tertiary/aromatic N) is 1. The molecule has 2 saturated heterocycles. The molecule has 114 valence electrons. The first-order valence-electron chi connectivity index (χ1n) is 7.55. The number of carbonyl (C=O) groups excluding carboxylic acids is 1. The van der Waals surface area contributed by atoms with Crippen molar-refractivity contribution in [3.8, 4) is 0 Å². The molecule has 3 rings (SSSR count). The minimum Gasteiger partial charge on any atom is -0.324 e. The summed E-state index contributed by atoms with van der Waals surface area (Å²) in [5.41, 5.74) is 2.02. The Morgan fingerprint density at radius 3 is 3.00 bits per heavy atom. The zero-order chi connectivity index (χ0) is 15.0. The largest absolute Gasteiger partial charge is 0.324 e. The van der Waals surface area contributed by atoms with Crippen LogP contribution >= 0.6 is 15.9 Å². The van der Waals surface area contributed by atoms with Gasteiger partial charge in [-0.15, -0.1) is 0 Å². The van der Waals surface area contributed by atoms with Crippen molar-refractivity contribution in [2.75, 3.05) is 31.5 Å². The lowest BCUT2D eigenvalue weighted by atomic mass is 9.95. The van der Waals surface area contributed by atoms with E-state index in [1.807, 2.05) is 25.1 Å². The van der Waals surface area contributed by atoms with Crippen LogP contribution in [0.4, 0.5) is 5.69 Å². The zero-order valence-corrected chi connectivity index (χ0v) is 14.1. The molecule has 3 atom stereocenters. The molecular formula is C16H22BrN3O. The van der Waals surface area contributed by atoms with Crippen molar-refractivity contribution in [1.29, 1.82) is 0 Å². The monoisotopic (exact) mass is 351 g/mol. The molecule has 0 saturated carbocycles. The summed E-state index contributed by atoms with van der Waals surface area (Å²) in [5, 5.41) is 6.46. The fourth-order valence-electron chi connectivity index (χ4n) is 3.56. The molecule has 1 amide bonds. The molecule has 0 bridgehead atoms. The van der Waals surface area contributed by atoms with Crippen LogP contribution in [0.3, 0.4) is 0 Å². The van der Waals surface area contributed by atoms with Gasteiger partial charge in [-0.1, -0.05) is 6.07 Å². The van der Waals surface area contributed by atoms with Crippen molar-refractivity contribution in [3.05, 3.63) is 28.2 Å². The summed E-state index contributed by atoms with van der Waals surface area (Å²) in [7, 11) is 0. The first kappa shape index (κ1) is 15.0. The lowest BCUT2D eigenvalue weighted by molar-refractivity contribution is -0.117. The van der Waals surface area contributed by atoms with E-state index in [4.69, 9.17) is 0 Å². The summed E-state index contributed by atoms with van der Waals surface area (Å²) in [5.74, 6) is 1.47. The fraction of sp³-hybridized carbons (Fsp3) is 0.562. The van der Waals surface area contributed by atoms with Crippen LogP contribution in [0.25, 0.3) is 0 Å². The van der Waals surface area contributed by atoms with E-state index in [0.717, 1.165) is 29.8 Å². The number of rotatable bonds is 3. The van der Waals surface area contributed by atoms with Gasteiger partial charge >= 0.3 is 0 Å². The molecule has 2 aliphatic rings. The topological polar surface area (TPSA) is 44.4 Å². The number of amides is 1. The maximum Gasteiger partial charge on any atom is 0.238 e. The van der Waals surface area contributed by atoms with E-state index in [1.54, 1.807) is 0 Å². The number of fused-ring (bicyclic) bond motifs is 1. The van der Waals surface area contributed by atoms with Crippen LogP contribution in [0.5, 0.6) is 0 Å². The van der Waals surface area contributed by atoms with Gasteiger partial charge in [-0.3, -0.25) is 9.69 Å². The second-order valence-corrected chi connectivity index (χ2v) is 7.14. The standard InChI is InChI=1S/C16H22BrN3O/c1-10-3-4-15(14(17)5-10)19-16(21)9-20-8-12-6-18-7-13(12)11(20)2/h3-5,11-13,18H,6-9H2,1-2H3,(H,19,21). The van der Waals surface area contributed by atoms with Crippen LogP contribution in [0.15, 0.2) is 22.7 Å². The third kappa shape index (κ3) is 3.15. The van der Waals surface area contributed by atoms with Crippen molar-refractivity contribution in [2.45, 2.75) is 19.9 Å². The van der Waals surface area contributed by atoms with Crippen molar-refractivity contribution in [3.63, 3.8) is 0 Å². The molecule has 5 heteroatoms. The van der Waals surface area contributed by atoms with E-state index in [1.165, 1.54) is 5.56 Å². The minimum absolute atomic E-state index is 0.0688. The Morgan fingerprint density at radius 2 is 2.29 bits per heavy atom. The molecule has 2 N–H and O–H groups in total. The molecule has 0 aromatic heterocycles. The molecule has 3 unspecified atom stereocenters. The SMILES string of the molecule is Cc1ccc(NC(=O)CN2CC3CNCC3C2C)c(Br)c1. The van der Waals surface area contributed by atoms with E-state index in [-0.39, 0.29) is 5.91 Å². The maximum atomic E-state index is 12.3. The van der Waals surface area contributed by atoms with Gasteiger partial charge in [-0.2, -0.15) is 0 Å². The predicted molar refractivity (Wildman–Crippen MR) is 88.4 cm³/mol. The predicted octanol–water partition coefficient (Wildman–Crippen LogP) is 2.24. The number of hydrogen-bond acceptors (Lipinski definition) is 3. The van der Waals surface area contributed by atoms with Crippen molar-refractivity contribution >= 4 is 27.5 Å². The summed E-state index contributed by atoms with van der Waals surface area (Å²) in [4.78, 5) is 14.6. The third-order valence-corrected chi connectivity index (χ3v) is 5.46. The van der Waals surface area contributed by atoms with Gasteiger partial charge in [0.05, 0.1) is 12.2 Å². The second kappa shape index (κ2) is 6.07. The highest BCUT2D eigenvalue weighted by atomic mass is 79.9. The number of anilines is 1. The Morgan fingerprint density at radius 1 is 1.48 bits per heavy atom. The van der Waals surface area contributed by atoms with Crippen molar-refractivity contribution in [1.82, 2.24) is 10.2 Å². The average Bonchev–Trinajstić information content (AvgIpc) is 2.98. The molecule has 2 fully saturated rings. The molecule has 0 radical (unpaired) electrons. The number of hydrogen-bond donors (Lipinski definition) is 2. The third-order valence-electron chi connectivity index (χ3n) is 4.80. The van der Waals surface area contributed by atoms with Crippen LogP contribution in [0.1, 0.15) is 12.5 Å². The second-order valence-electron chi connectivity index (χ2n) is 6.28. The lowest BCUT2D eigenvalue weighted by Crippen LogP contribution is -2.38. The summed E-state index contributed by atoms with van der Waals surface area (Å²) >= 11 is 3.50. The molecule has 0 aliphatic carbocycles. The lowest BCUT2D eigenvalue weighted by Gasteiger charge is -2.23. The Hall–Kier alpha value is -0.910. The number of nitrogens with one attached hydrogen (secondary N) is 2. The molecule has 2 heterocycles.